The fourth-order valence-electron chi connectivity index (χ4n) is 1.46. The normalized spacial score (nSPS) is 12.9. The first-order chi connectivity index (χ1) is 8.34. The van der Waals surface area contributed by atoms with Crippen LogP contribution in [0.2, 0.25) is 0 Å². The molecule has 0 saturated carbocycles. The molecule has 3 N–H and O–H groups in total. The maximum atomic E-state index is 11.3. The molecule has 98 valence electrons. The van der Waals surface area contributed by atoms with Crippen molar-refractivity contribution in [1.29, 1.82) is 0 Å². The van der Waals surface area contributed by atoms with E-state index in [2.05, 4.69) is 6.58 Å². The monoisotopic (exact) mass is 269 g/mol. The van der Waals surface area contributed by atoms with E-state index >= 15 is 0 Å². The molecule has 5 nitrogen and oxygen atoms in total. The second-order valence-corrected chi connectivity index (χ2v) is 5.87. The summed E-state index contributed by atoms with van der Waals surface area (Å²) in [5, 5.41) is 9.53. The first kappa shape index (κ1) is 14.4. The van der Waals surface area contributed by atoms with Crippen LogP contribution in [0.15, 0.2) is 36.3 Å². The molecule has 0 radical (unpaired) electrons. The summed E-state index contributed by atoms with van der Waals surface area (Å²) in [4.78, 5) is 10.5. The van der Waals surface area contributed by atoms with Crippen molar-refractivity contribution in [3.8, 4) is 0 Å². The highest BCUT2D eigenvalue weighted by Gasteiger charge is 2.11. The van der Waals surface area contributed by atoms with Crippen molar-refractivity contribution in [2.75, 3.05) is 0 Å². The highest BCUT2D eigenvalue weighted by molar-refractivity contribution is 7.93. The third-order valence-corrected chi connectivity index (χ3v) is 3.67. The van der Waals surface area contributed by atoms with Gasteiger partial charge < -0.3 is 10.8 Å². The van der Waals surface area contributed by atoms with Gasteiger partial charge in [-0.25, -0.2) is 8.42 Å². The minimum atomic E-state index is -3.29. The lowest BCUT2D eigenvalue weighted by Gasteiger charge is -2.09. The van der Waals surface area contributed by atoms with Gasteiger partial charge in [-0.3, -0.25) is 4.79 Å². The van der Waals surface area contributed by atoms with Gasteiger partial charge in [0.25, 0.3) is 0 Å². The zero-order valence-corrected chi connectivity index (χ0v) is 10.6. The second-order valence-electron chi connectivity index (χ2n) is 3.92. The minimum Gasteiger partial charge on any atom is -0.481 e. The predicted molar refractivity (Wildman–Crippen MR) is 68.4 cm³/mol. The molecular formula is C12H15NO4S. The van der Waals surface area contributed by atoms with E-state index < -0.39 is 21.8 Å². The van der Waals surface area contributed by atoms with Crippen LogP contribution in [0.5, 0.6) is 0 Å². The molecule has 0 aromatic heterocycles. The van der Waals surface area contributed by atoms with E-state index in [1.807, 2.05) is 0 Å². The number of benzene rings is 1. The molecule has 0 amide bonds. The average Bonchev–Trinajstić information content (AvgIpc) is 2.28. The lowest BCUT2D eigenvalue weighted by molar-refractivity contribution is -0.137. The van der Waals surface area contributed by atoms with Crippen molar-refractivity contribution in [2.24, 2.45) is 5.73 Å². The van der Waals surface area contributed by atoms with Crippen LogP contribution in [0.4, 0.5) is 0 Å². The summed E-state index contributed by atoms with van der Waals surface area (Å²) in [5.74, 6) is -1.09. The van der Waals surface area contributed by atoms with Crippen molar-refractivity contribution >= 4 is 15.8 Å². The molecule has 1 atom stereocenters. The molecule has 1 aromatic rings. The van der Waals surface area contributed by atoms with E-state index in [1.165, 1.54) is 0 Å². The highest BCUT2D eigenvalue weighted by atomic mass is 32.2. The van der Waals surface area contributed by atoms with Crippen molar-refractivity contribution in [2.45, 2.75) is 18.2 Å². The van der Waals surface area contributed by atoms with E-state index in [0.29, 0.717) is 11.1 Å². The molecule has 0 bridgehead atoms. The van der Waals surface area contributed by atoms with Gasteiger partial charge >= 0.3 is 5.97 Å². The molecule has 0 heterocycles. The molecule has 0 aliphatic heterocycles. The van der Waals surface area contributed by atoms with Crippen molar-refractivity contribution in [3.63, 3.8) is 0 Å². The Morgan fingerprint density at radius 1 is 1.39 bits per heavy atom. The van der Waals surface area contributed by atoms with Crippen molar-refractivity contribution in [3.05, 3.63) is 47.4 Å². The Morgan fingerprint density at radius 3 is 2.39 bits per heavy atom. The number of hydrogen-bond donors (Lipinski definition) is 2. The Bertz CT molecular complexity index is 534. The number of aliphatic carboxylic acids is 1. The smallest absolute Gasteiger partial charge is 0.305 e. The third-order valence-electron chi connectivity index (χ3n) is 2.42. The van der Waals surface area contributed by atoms with Crippen LogP contribution in [0.1, 0.15) is 23.6 Å². The van der Waals surface area contributed by atoms with Gasteiger partial charge in [0.15, 0.2) is 9.84 Å². The lowest BCUT2D eigenvalue weighted by Crippen LogP contribution is -2.14. The number of carboxylic acid groups (broad SMARTS) is 1. The molecule has 0 aliphatic carbocycles. The Balaban J connectivity index is 2.80. The quantitative estimate of drug-likeness (QED) is 0.809. The van der Waals surface area contributed by atoms with Crippen LogP contribution in [-0.4, -0.2) is 19.5 Å². The van der Waals surface area contributed by atoms with Gasteiger partial charge in [-0.15, -0.1) is 0 Å². The van der Waals surface area contributed by atoms with E-state index in [-0.39, 0.29) is 12.2 Å². The number of rotatable bonds is 6. The zero-order valence-electron chi connectivity index (χ0n) is 9.74. The topological polar surface area (TPSA) is 97.5 Å². The fourth-order valence-corrected chi connectivity index (χ4v) is 2.23. The van der Waals surface area contributed by atoms with Crippen LogP contribution < -0.4 is 5.73 Å². The largest absolute Gasteiger partial charge is 0.481 e. The number of hydrogen-bond acceptors (Lipinski definition) is 4. The number of nitrogens with two attached hydrogens (primary N) is 1. The van der Waals surface area contributed by atoms with Crippen LogP contribution in [0, 0.1) is 0 Å². The molecule has 0 fully saturated rings. The van der Waals surface area contributed by atoms with E-state index in [0.717, 1.165) is 5.41 Å². The highest BCUT2D eigenvalue weighted by Crippen LogP contribution is 2.16. The van der Waals surface area contributed by atoms with Gasteiger partial charge in [0.1, 0.15) is 0 Å². The Labute approximate surface area is 106 Å². The van der Waals surface area contributed by atoms with Crippen molar-refractivity contribution in [1.82, 2.24) is 0 Å². The van der Waals surface area contributed by atoms with Crippen LogP contribution >= 0.6 is 0 Å². The minimum absolute atomic E-state index is 0.120. The van der Waals surface area contributed by atoms with Crippen LogP contribution in [0.3, 0.4) is 0 Å². The molecule has 6 heteroatoms. The van der Waals surface area contributed by atoms with Crippen molar-refractivity contribution < 1.29 is 18.3 Å². The Hall–Kier alpha value is -1.66. The van der Waals surface area contributed by atoms with Crippen LogP contribution in [-0.2, 0) is 20.4 Å². The molecule has 1 aromatic carbocycles. The number of carbonyl (C=O) groups is 1. The summed E-state index contributed by atoms with van der Waals surface area (Å²) in [6, 6.07) is 5.94. The maximum absolute atomic E-state index is 11.3. The van der Waals surface area contributed by atoms with Crippen LogP contribution in [0.25, 0.3) is 0 Å². The third kappa shape index (κ3) is 4.31. The molecule has 0 saturated heterocycles. The average molecular weight is 269 g/mol. The Kier molecular flexibility index (Phi) is 4.63. The van der Waals surface area contributed by atoms with E-state index in [1.54, 1.807) is 24.3 Å². The summed E-state index contributed by atoms with van der Waals surface area (Å²) in [6.07, 6.45) is -0.162. The summed E-state index contributed by atoms with van der Waals surface area (Å²) in [5.41, 5.74) is 6.96. The first-order valence-electron chi connectivity index (χ1n) is 5.25. The van der Waals surface area contributed by atoms with Gasteiger partial charge in [-0.1, -0.05) is 30.8 Å². The summed E-state index contributed by atoms with van der Waals surface area (Å²) in [7, 11) is -3.29. The second kappa shape index (κ2) is 5.79. The number of carboxylic acids is 1. The predicted octanol–water partition coefficient (Wildman–Crippen LogP) is 1.22. The lowest BCUT2D eigenvalue weighted by atomic mass is 10.0. The number of sulfone groups is 1. The standard InChI is InChI=1S/C12H15NO4S/c1-2-18(16,17)8-9-3-5-10(6-4-9)11(13)7-12(14)15/h2-6,11H,1,7-8,13H2,(H,14,15). The van der Waals surface area contributed by atoms with Gasteiger partial charge in [-0.2, -0.15) is 0 Å². The summed E-state index contributed by atoms with van der Waals surface area (Å²) < 4.78 is 22.6. The van der Waals surface area contributed by atoms with Gasteiger partial charge in [0.2, 0.25) is 0 Å². The molecule has 1 rings (SSSR count). The SMILES string of the molecule is C=CS(=O)(=O)Cc1ccc(C(N)CC(=O)O)cc1. The molecule has 0 aliphatic rings. The van der Waals surface area contributed by atoms with E-state index in [9.17, 15) is 13.2 Å². The zero-order chi connectivity index (χ0) is 13.8. The molecule has 1 unspecified atom stereocenters. The van der Waals surface area contributed by atoms with Gasteiger partial charge in [-0.05, 0) is 11.1 Å². The summed E-state index contributed by atoms with van der Waals surface area (Å²) >= 11 is 0. The maximum Gasteiger partial charge on any atom is 0.305 e. The molecule has 18 heavy (non-hydrogen) atoms. The van der Waals surface area contributed by atoms with E-state index in [4.69, 9.17) is 10.8 Å². The molecule has 0 spiro atoms. The van der Waals surface area contributed by atoms with Gasteiger partial charge in [0, 0.05) is 11.4 Å². The molecular weight excluding hydrogens is 254 g/mol. The first-order valence-corrected chi connectivity index (χ1v) is 6.97. The summed E-state index contributed by atoms with van der Waals surface area (Å²) in [6.45, 7) is 3.23. The fraction of sp³-hybridized carbons (Fsp3) is 0.250. The van der Waals surface area contributed by atoms with Gasteiger partial charge in [0.05, 0.1) is 12.2 Å². The Morgan fingerprint density at radius 2 is 1.94 bits per heavy atom.